The first-order valence-corrected chi connectivity index (χ1v) is 6.34. The van der Waals surface area contributed by atoms with Crippen LogP contribution in [-0.2, 0) is 6.18 Å². The summed E-state index contributed by atoms with van der Waals surface area (Å²) in [5.41, 5.74) is 0.206. The first kappa shape index (κ1) is 15.2. The molecule has 1 heterocycles. The van der Waals surface area contributed by atoms with Crippen LogP contribution in [0.15, 0.2) is 42.6 Å². The van der Waals surface area contributed by atoms with Crippen LogP contribution in [0, 0.1) is 0 Å². The minimum atomic E-state index is -4.37. The van der Waals surface area contributed by atoms with Gasteiger partial charge in [-0.2, -0.15) is 13.2 Å². The summed E-state index contributed by atoms with van der Waals surface area (Å²) in [5, 5.41) is 2.96. The van der Waals surface area contributed by atoms with E-state index < -0.39 is 11.7 Å². The molecule has 0 amide bonds. The number of alkyl halides is 3. The number of methoxy groups -OCH3 is 1. The maximum absolute atomic E-state index is 12.6. The van der Waals surface area contributed by atoms with Crippen LogP contribution in [0.4, 0.5) is 19.0 Å². The van der Waals surface area contributed by atoms with Gasteiger partial charge in [-0.1, -0.05) is 12.1 Å². The van der Waals surface area contributed by atoms with E-state index in [1.807, 2.05) is 19.1 Å². The fourth-order valence-corrected chi connectivity index (χ4v) is 1.88. The molecule has 112 valence electrons. The second-order valence-electron chi connectivity index (χ2n) is 4.57. The van der Waals surface area contributed by atoms with Gasteiger partial charge in [-0.05, 0) is 36.8 Å². The molecule has 2 rings (SSSR count). The number of anilines is 1. The molecule has 1 aromatic heterocycles. The normalized spacial score (nSPS) is 12.8. The lowest BCUT2D eigenvalue weighted by Crippen LogP contribution is -2.10. The third-order valence-electron chi connectivity index (χ3n) is 3.07. The fourth-order valence-electron chi connectivity index (χ4n) is 1.88. The van der Waals surface area contributed by atoms with Gasteiger partial charge in [-0.15, -0.1) is 0 Å². The summed E-state index contributed by atoms with van der Waals surface area (Å²) in [5.74, 6) is 0.913. The molecule has 0 aliphatic heterocycles. The van der Waals surface area contributed by atoms with E-state index in [2.05, 4.69) is 10.3 Å². The summed E-state index contributed by atoms with van der Waals surface area (Å²) in [7, 11) is 1.57. The molecule has 0 radical (unpaired) electrons. The monoisotopic (exact) mass is 296 g/mol. The van der Waals surface area contributed by atoms with Crippen molar-refractivity contribution in [3.8, 4) is 5.75 Å². The maximum atomic E-state index is 12.6. The van der Waals surface area contributed by atoms with Gasteiger partial charge in [0.2, 0.25) is 0 Å². The molecule has 0 fully saturated rings. The third-order valence-corrected chi connectivity index (χ3v) is 3.07. The molecule has 1 unspecified atom stereocenters. The van der Waals surface area contributed by atoms with Crippen molar-refractivity contribution >= 4 is 5.82 Å². The number of ether oxygens (including phenoxy) is 1. The molecule has 1 N–H and O–H groups in total. The summed E-state index contributed by atoms with van der Waals surface area (Å²) in [6.45, 7) is 1.85. The Morgan fingerprint density at radius 2 is 1.81 bits per heavy atom. The summed E-state index contributed by atoms with van der Waals surface area (Å²) >= 11 is 0. The highest BCUT2D eigenvalue weighted by molar-refractivity contribution is 5.42. The van der Waals surface area contributed by atoms with Crippen LogP contribution in [0.1, 0.15) is 24.1 Å². The van der Waals surface area contributed by atoms with Gasteiger partial charge < -0.3 is 10.1 Å². The number of halogens is 3. The van der Waals surface area contributed by atoms with Crippen molar-refractivity contribution in [3.63, 3.8) is 0 Å². The Hall–Kier alpha value is -2.24. The molecule has 0 saturated heterocycles. The second-order valence-corrected chi connectivity index (χ2v) is 4.57. The van der Waals surface area contributed by atoms with E-state index in [9.17, 15) is 13.2 Å². The number of hydrogen-bond donors (Lipinski definition) is 1. The Morgan fingerprint density at radius 3 is 2.38 bits per heavy atom. The minimum Gasteiger partial charge on any atom is -0.497 e. The summed E-state index contributed by atoms with van der Waals surface area (Å²) in [4.78, 5) is 3.92. The van der Waals surface area contributed by atoms with E-state index in [1.54, 1.807) is 19.2 Å². The second kappa shape index (κ2) is 6.03. The van der Waals surface area contributed by atoms with E-state index in [4.69, 9.17) is 4.74 Å². The van der Waals surface area contributed by atoms with Crippen molar-refractivity contribution in [1.29, 1.82) is 0 Å². The van der Waals surface area contributed by atoms with Gasteiger partial charge in [0.05, 0.1) is 12.7 Å². The molecule has 3 nitrogen and oxygen atoms in total. The molecule has 2 aromatic rings. The van der Waals surface area contributed by atoms with Gasteiger partial charge in [0.1, 0.15) is 11.6 Å². The Kier molecular flexibility index (Phi) is 4.35. The van der Waals surface area contributed by atoms with Gasteiger partial charge >= 0.3 is 6.18 Å². The first-order chi connectivity index (χ1) is 9.90. The topological polar surface area (TPSA) is 34.1 Å². The number of aromatic nitrogens is 1. The molecule has 21 heavy (non-hydrogen) atoms. The van der Waals surface area contributed by atoms with E-state index in [0.29, 0.717) is 0 Å². The van der Waals surface area contributed by atoms with E-state index in [0.717, 1.165) is 29.6 Å². The molecule has 1 aromatic carbocycles. The summed E-state index contributed by atoms with van der Waals surface area (Å²) in [6.07, 6.45) is -3.23. The van der Waals surface area contributed by atoms with Crippen molar-refractivity contribution in [2.24, 2.45) is 0 Å². The van der Waals surface area contributed by atoms with Crippen molar-refractivity contribution in [3.05, 3.63) is 53.7 Å². The number of hydrogen-bond acceptors (Lipinski definition) is 3. The van der Waals surface area contributed by atoms with Gasteiger partial charge in [0.25, 0.3) is 0 Å². The average Bonchev–Trinajstić information content (AvgIpc) is 2.47. The summed E-state index contributed by atoms with van der Waals surface area (Å²) < 4.78 is 43.0. The zero-order chi connectivity index (χ0) is 15.5. The predicted molar refractivity (Wildman–Crippen MR) is 74.3 cm³/mol. The lowest BCUT2D eigenvalue weighted by molar-refractivity contribution is -0.137. The van der Waals surface area contributed by atoms with E-state index in [1.165, 1.54) is 0 Å². The lowest BCUT2D eigenvalue weighted by Gasteiger charge is -2.16. The highest BCUT2D eigenvalue weighted by Gasteiger charge is 2.30. The Labute approximate surface area is 120 Å². The molecule has 1 atom stereocenters. The van der Waals surface area contributed by atoms with Gasteiger partial charge in [0, 0.05) is 12.2 Å². The molecular weight excluding hydrogens is 281 g/mol. The standard InChI is InChI=1S/C15H15F3N2O/c1-10(11-3-5-13(21-2)6-4-11)20-14-9-12(7-8-19-14)15(16,17)18/h3-10H,1-2H3,(H,19,20). The SMILES string of the molecule is COc1ccc(C(C)Nc2cc(C(F)(F)F)ccn2)cc1. The minimum absolute atomic E-state index is 0.174. The largest absolute Gasteiger partial charge is 0.497 e. The fraction of sp³-hybridized carbons (Fsp3) is 0.267. The third kappa shape index (κ3) is 3.87. The van der Waals surface area contributed by atoms with Crippen molar-refractivity contribution < 1.29 is 17.9 Å². The summed E-state index contributed by atoms with van der Waals surface area (Å²) in [6, 6.07) is 9.07. The van der Waals surface area contributed by atoms with Crippen molar-refractivity contribution in [1.82, 2.24) is 4.98 Å². The van der Waals surface area contributed by atoms with E-state index in [-0.39, 0.29) is 11.9 Å². The lowest BCUT2D eigenvalue weighted by atomic mass is 10.1. The Morgan fingerprint density at radius 1 is 1.14 bits per heavy atom. The Balaban J connectivity index is 2.13. The van der Waals surface area contributed by atoms with Crippen LogP contribution >= 0.6 is 0 Å². The molecular formula is C15H15F3N2O. The number of pyridine rings is 1. The van der Waals surface area contributed by atoms with Gasteiger partial charge in [-0.25, -0.2) is 4.98 Å². The van der Waals surface area contributed by atoms with Crippen LogP contribution < -0.4 is 10.1 Å². The highest BCUT2D eigenvalue weighted by atomic mass is 19.4. The number of nitrogens with one attached hydrogen (secondary N) is 1. The van der Waals surface area contributed by atoms with Crippen LogP contribution in [-0.4, -0.2) is 12.1 Å². The zero-order valence-corrected chi connectivity index (χ0v) is 11.6. The average molecular weight is 296 g/mol. The molecule has 6 heteroatoms. The molecule has 0 saturated carbocycles. The van der Waals surface area contributed by atoms with Gasteiger partial charge in [0.15, 0.2) is 0 Å². The number of rotatable bonds is 4. The van der Waals surface area contributed by atoms with Crippen LogP contribution in [0.2, 0.25) is 0 Å². The smallest absolute Gasteiger partial charge is 0.416 e. The zero-order valence-electron chi connectivity index (χ0n) is 11.6. The first-order valence-electron chi connectivity index (χ1n) is 6.34. The highest BCUT2D eigenvalue weighted by Crippen LogP contribution is 2.30. The van der Waals surface area contributed by atoms with Crippen LogP contribution in [0.3, 0.4) is 0 Å². The Bertz CT molecular complexity index is 597. The molecule has 0 bridgehead atoms. The van der Waals surface area contributed by atoms with Crippen LogP contribution in [0.25, 0.3) is 0 Å². The number of benzene rings is 1. The van der Waals surface area contributed by atoms with Gasteiger partial charge in [-0.3, -0.25) is 0 Å². The quantitative estimate of drug-likeness (QED) is 0.914. The molecule has 0 aliphatic carbocycles. The predicted octanol–water partition coefficient (Wildman–Crippen LogP) is 4.28. The maximum Gasteiger partial charge on any atom is 0.416 e. The number of nitrogens with zero attached hydrogens (tertiary/aromatic N) is 1. The van der Waals surface area contributed by atoms with Crippen LogP contribution in [0.5, 0.6) is 5.75 Å². The molecule has 0 spiro atoms. The van der Waals surface area contributed by atoms with Crippen molar-refractivity contribution in [2.45, 2.75) is 19.1 Å². The van der Waals surface area contributed by atoms with Crippen molar-refractivity contribution in [2.75, 3.05) is 12.4 Å². The van der Waals surface area contributed by atoms with E-state index >= 15 is 0 Å². The molecule has 0 aliphatic rings.